The van der Waals surface area contributed by atoms with E-state index >= 15 is 0 Å². The molecule has 1 atom stereocenters. The molecule has 0 heterocycles. The van der Waals surface area contributed by atoms with Crippen LogP contribution >= 0.6 is 0 Å². The lowest BCUT2D eigenvalue weighted by Gasteiger charge is -2.22. The lowest BCUT2D eigenvalue weighted by molar-refractivity contribution is 0.372. The maximum absolute atomic E-state index is 3.59. The summed E-state index contributed by atoms with van der Waals surface area (Å²) < 4.78 is 0. The fourth-order valence-corrected chi connectivity index (χ4v) is 2.46. The van der Waals surface area contributed by atoms with E-state index in [-0.39, 0.29) is 0 Å². The first-order chi connectivity index (χ1) is 8.49. The van der Waals surface area contributed by atoms with Crippen LogP contribution in [0.25, 0.3) is 0 Å². The van der Waals surface area contributed by atoms with Crippen LogP contribution in [0.2, 0.25) is 0 Å². The van der Waals surface area contributed by atoms with Gasteiger partial charge in [0.1, 0.15) is 0 Å². The van der Waals surface area contributed by atoms with E-state index in [0.717, 1.165) is 18.4 Å². The van der Waals surface area contributed by atoms with Gasteiger partial charge in [-0.1, -0.05) is 52.0 Å². The number of benzene rings is 1. The first kappa shape index (κ1) is 15.2. The minimum atomic E-state index is 0.580. The van der Waals surface area contributed by atoms with Crippen molar-refractivity contribution in [2.75, 3.05) is 6.54 Å². The summed E-state index contributed by atoms with van der Waals surface area (Å²) in [6.07, 6.45) is 2.50. The van der Waals surface area contributed by atoms with E-state index in [2.05, 4.69) is 64.2 Å². The Morgan fingerprint density at radius 2 is 1.72 bits per heavy atom. The summed E-state index contributed by atoms with van der Waals surface area (Å²) in [7, 11) is 0. The second-order valence-corrected chi connectivity index (χ2v) is 6.19. The predicted octanol–water partition coefficient (Wildman–Crippen LogP) is 4.20. The molecule has 1 aromatic carbocycles. The first-order valence-corrected chi connectivity index (χ1v) is 7.27. The maximum atomic E-state index is 3.59. The SMILES string of the molecule is Cc1ccccc1CC(CNC(C)C)CC(C)C. The van der Waals surface area contributed by atoms with Crippen molar-refractivity contribution >= 4 is 0 Å². The smallest absolute Gasteiger partial charge is 0.00104 e. The molecule has 0 aliphatic rings. The lowest BCUT2D eigenvalue weighted by Crippen LogP contribution is -2.30. The molecular formula is C17H29N. The molecule has 0 aromatic heterocycles. The van der Waals surface area contributed by atoms with Gasteiger partial charge in [0, 0.05) is 6.04 Å². The molecule has 1 heteroatoms. The molecule has 0 saturated carbocycles. The van der Waals surface area contributed by atoms with Crippen molar-refractivity contribution in [3.63, 3.8) is 0 Å². The quantitative estimate of drug-likeness (QED) is 0.761. The third kappa shape index (κ3) is 5.68. The number of aryl methyl sites for hydroxylation is 1. The summed E-state index contributed by atoms with van der Waals surface area (Å²) in [5.74, 6) is 1.52. The number of rotatable bonds is 7. The standard InChI is InChI=1S/C17H29N/c1-13(2)10-16(12-18-14(3)4)11-17-9-7-6-8-15(17)5/h6-9,13-14,16,18H,10-12H2,1-5H3. The fourth-order valence-electron chi connectivity index (χ4n) is 2.46. The van der Waals surface area contributed by atoms with Crippen LogP contribution in [0.3, 0.4) is 0 Å². The average Bonchev–Trinajstić information content (AvgIpc) is 2.28. The van der Waals surface area contributed by atoms with Crippen LogP contribution in [0.15, 0.2) is 24.3 Å². The predicted molar refractivity (Wildman–Crippen MR) is 81.0 cm³/mol. The third-order valence-corrected chi connectivity index (χ3v) is 3.39. The zero-order valence-electron chi connectivity index (χ0n) is 12.7. The van der Waals surface area contributed by atoms with Gasteiger partial charge in [0.05, 0.1) is 0 Å². The highest BCUT2D eigenvalue weighted by atomic mass is 14.9. The van der Waals surface area contributed by atoms with Crippen LogP contribution in [-0.2, 0) is 6.42 Å². The molecule has 1 unspecified atom stereocenters. The molecule has 0 aliphatic carbocycles. The van der Waals surface area contributed by atoms with Gasteiger partial charge in [-0.3, -0.25) is 0 Å². The Morgan fingerprint density at radius 1 is 1.06 bits per heavy atom. The average molecular weight is 247 g/mol. The second-order valence-electron chi connectivity index (χ2n) is 6.19. The molecule has 0 saturated heterocycles. The van der Waals surface area contributed by atoms with Gasteiger partial charge in [-0.15, -0.1) is 0 Å². The van der Waals surface area contributed by atoms with Gasteiger partial charge >= 0.3 is 0 Å². The molecule has 0 radical (unpaired) electrons. The largest absolute Gasteiger partial charge is 0.314 e. The van der Waals surface area contributed by atoms with E-state index in [0.29, 0.717) is 6.04 Å². The number of hydrogen-bond acceptors (Lipinski definition) is 1. The lowest BCUT2D eigenvalue weighted by atomic mass is 9.89. The Bertz CT molecular complexity index is 341. The Labute approximate surface area is 113 Å². The monoisotopic (exact) mass is 247 g/mol. The fraction of sp³-hybridized carbons (Fsp3) is 0.647. The van der Waals surface area contributed by atoms with E-state index in [1.165, 1.54) is 24.0 Å². The highest BCUT2D eigenvalue weighted by Crippen LogP contribution is 2.19. The summed E-state index contributed by atoms with van der Waals surface area (Å²) in [6, 6.07) is 9.36. The van der Waals surface area contributed by atoms with Crippen molar-refractivity contribution in [3.8, 4) is 0 Å². The van der Waals surface area contributed by atoms with Crippen molar-refractivity contribution in [1.29, 1.82) is 0 Å². The molecule has 1 N–H and O–H groups in total. The van der Waals surface area contributed by atoms with Gasteiger partial charge in [-0.05, 0) is 49.3 Å². The van der Waals surface area contributed by atoms with Gasteiger partial charge in [-0.2, -0.15) is 0 Å². The van der Waals surface area contributed by atoms with Gasteiger partial charge in [0.15, 0.2) is 0 Å². The zero-order chi connectivity index (χ0) is 13.5. The molecule has 102 valence electrons. The van der Waals surface area contributed by atoms with Crippen LogP contribution in [-0.4, -0.2) is 12.6 Å². The van der Waals surface area contributed by atoms with E-state index in [1.54, 1.807) is 0 Å². The summed E-state index contributed by atoms with van der Waals surface area (Å²) >= 11 is 0. The van der Waals surface area contributed by atoms with Crippen LogP contribution in [0, 0.1) is 18.8 Å². The molecule has 0 spiro atoms. The highest BCUT2D eigenvalue weighted by molar-refractivity contribution is 5.25. The second kappa shape index (κ2) is 7.58. The van der Waals surface area contributed by atoms with Gasteiger partial charge in [0.25, 0.3) is 0 Å². The Hall–Kier alpha value is -0.820. The Kier molecular flexibility index (Phi) is 6.42. The maximum Gasteiger partial charge on any atom is 0.00104 e. The summed E-state index contributed by atoms with van der Waals surface area (Å²) in [5.41, 5.74) is 2.93. The van der Waals surface area contributed by atoms with Crippen LogP contribution in [0.4, 0.5) is 0 Å². The minimum absolute atomic E-state index is 0.580. The van der Waals surface area contributed by atoms with E-state index in [4.69, 9.17) is 0 Å². The molecular weight excluding hydrogens is 218 g/mol. The summed E-state index contributed by atoms with van der Waals surface area (Å²) in [6.45, 7) is 12.4. The molecule has 0 aliphatic heterocycles. The van der Waals surface area contributed by atoms with Crippen LogP contribution in [0.1, 0.15) is 45.2 Å². The number of hydrogen-bond donors (Lipinski definition) is 1. The summed E-state index contributed by atoms with van der Waals surface area (Å²) in [5, 5.41) is 3.59. The van der Waals surface area contributed by atoms with E-state index < -0.39 is 0 Å². The molecule has 0 amide bonds. The Balaban J connectivity index is 2.62. The molecule has 1 rings (SSSR count). The Morgan fingerprint density at radius 3 is 2.28 bits per heavy atom. The van der Waals surface area contributed by atoms with Crippen LogP contribution < -0.4 is 5.32 Å². The van der Waals surface area contributed by atoms with Gasteiger partial charge in [0.2, 0.25) is 0 Å². The summed E-state index contributed by atoms with van der Waals surface area (Å²) in [4.78, 5) is 0. The zero-order valence-corrected chi connectivity index (χ0v) is 12.7. The van der Waals surface area contributed by atoms with Crippen molar-refractivity contribution in [2.24, 2.45) is 11.8 Å². The van der Waals surface area contributed by atoms with Crippen LogP contribution in [0.5, 0.6) is 0 Å². The van der Waals surface area contributed by atoms with Crippen molar-refractivity contribution in [1.82, 2.24) is 5.32 Å². The van der Waals surface area contributed by atoms with Gasteiger partial charge < -0.3 is 5.32 Å². The minimum Gasteiger partial charge on any atom is -0.314 e. The van der Waals surface area contributed by atoms with Crippen molar-refractivity contribution in [3.05, 3.63) is 35.4 Å². The molecule has 1 aromatic rings. The van der Waals surface area contributed by atoms with E-state index in [1.807, 2.05) is 0 Å². The molecule has 0 fully saturated rings. The van der Waals surface area contributed by atoms with Gasteiger partial charge in [-0.25, -0.2) is 0 Å². The molecule has 1 nitrogen and oxygen atoms in total. The van der Waals surface area contributed by atoms with Crippen molar-refractivity contribution < 1.29 is 0 Å². The topological polar surface area (TPSA) is 12.0 Å². The highest BCUT2D eigenvalue weighted by Gasteiger charge is 2.13. The normalized spacial score (nSPS) is 13.3. The molecule has 18 heavy (non-hydrogen) atoms. The third-order valence-electron chi connectivity index (χ3n) is 3.39. The number of nitrogens with one attached hydrogen (secondary N) is 1. The first-order valence-electron chi connectivity index (χ1n) is 7.27. The molecule has 0 bridgehead atoms. The van der Waals surface area contributed by atoms with Crippen molar-refractivity contribution in [2.45, 2.75) is 53.5 Å². The van der Waals surface area contributed by atoms with E-state index in [9.17, 15) is 0 Å².